The van der Waals surface area contributed by atoms with E-state index in [9.17, 15) is 0 Å². The highest BCUT2D eigenvalue weighted by molar-refractivity contribution is 6.35. The van der Waals surface area contributed by atoms with Crippen molar-refractivity contribution in [1.29, 1.82) is 0 Å². The molecule has 0 N–H and O–H groups in total. The zero-order valence-electron chi connectivity index (χ0n) is 20.1. The van der Waals surface area contributed by atoms with Gasteiger partial charge in [0.2, 0.25) is 0 Å². The average molecular weight is 613 g/mol. The molecule has 0 saturated heterocycles. The summed E-state index contributed by atoms with van der Waals surface area (Å²) in [5, 5.41) is 3.62. The fraction of sp³-hybridized carbons (Fsp3) is 0.200. The second kappa shape index (κ2) is 12.6. The lowest BCUT2D eigenvalue weighted by Gasteiger charge is -2.34. The molecule has 4 rings (SSSR count). The van der Waals surface area contributed by atoms with Crippen molar-refractivity contribution in [3.63, 3.8) is 0 Å². The Morgan fingerprint density at radius 1 is 0.459 bits per heavy atom. The van der Waals surface area contributed by atoms with Crippen LogP contribution in [0.5, 0.6) is 0 Å². The number of hydrogen-bond acceptors (Lipinski definition) is 1. The number of benzene rings is 4. The van der Waals surface area contributed by atoms with Gasteiger partial charge in [-0.25, -0.2) is 0 Å². The largest absolute Gasteiger partial charge is 0.364 e. The minimum atomic E-state index is -0.370. The van der Waals surface area contributed by atoms with Gasteiger partial charge in [0.15, 0.2) is 0 Å². The molecule has 0 spiro atoms. The van der Waals surface area contributed by atoms with Crippen molar-refractivity contribution in [3.8, 4) is 0 Å². The van der Waals surface area contributed by atoms with Crippen LogP contribution in [0.25, 0.3) is 0 Å². The molecule has 37 heavy (non-hydrogen) atoms. The van der Waals surface area contributed by atoms with Crippen LogP contribution in [0.4, 0.5) is 0 Å². The molecule has 7 heteroatoms. The molecule has 0 bridgehead atoms. The molecular formula is C30H24Cl6O. The van der Waals surface area contributed by atoms with Crippen molar-refractivity contribution in [3.05, 3.63) is 137 Å². The first kappa shape index (κ1) is 28.6. The second-order valence-electron chi connectivity index (χ2n) is 8.99. The highest BCUT2D eigenvalue weighted by Crippen LogP contribution is 2.46. The van der Waals surface area contributed by atoms with Gasteiger partial charge in [-0.1, -0.05) is 120 Å². The first-order valence-electron chi connectivity index (χ1n) is 11.7. The summed E-state index contributed by atoms with van der Waals surface area (Å²) in [6.45, 7) is 4.18. The van der Waals surface area contributed by atoms with Gasteiger partial charge in [-0.3, -0.25) is 0 Å². The zero-order chi connectivity index (χ0) is 26.7. The number of halogens is 6. The Morgan fingerprint density at radius 3 is 1.11 bits per heavy atom. The predicted molar refractivity (Wildman–Crippen MR) is 159 cm³/mol. The van der Waals surface area contributed by atoms with E-state index in [0.717, 1.165) is 22.3 Å². The standard InChI is InChI=1S/C30H24Cl6O/c1-17(25-13-11-23(33)15-27(25)35)29(19-3-7-21(31)8-4-19)37-30(20-5-9-22(32)10-6-20)18(2)26-14-12-24(34)16-28(26)36/h3-18,29-30H,1-2H3. The molecule has 1 nitrogen and oxygen atoms in total. The van der Waals surface area contributed by atoms with Gasteiger partial charge >= 0.3 is 0 Å². The maximum atomic E-state index is 7.04. The highest BCUT2D eigenvalue weighted by atomic mass is 35.5. The molecule has 4 atom stereocenters. The Bertz CT molecular complexity index is 1250. The Labute approximate surface area is 248 Å². The van der Waals surface area contributed by atoms with Gasteiger partial charge in [0.1, 0.15) is 0 Å². The van der Waals surface area contributed by atoms with Gasteiger partial charge in [-0.05, 0) is 70.8 Å². The van der Waals surface area contributed by atoms with Crippen molar-refractivity contribution in [1.82, 2.24) is 0 Å². The molecule has 4 aromatic rings. The summed E-state index contributed by atoms with van der Waals surface area (Å²) in [6, 6.07) is 26.4. The Balaban J connectivity index is 1.81. The van der Waals surface area contributed by atoms with Crippen molar-refractivity contribution >= 4 is 69.6 Å². The number of hydrogen-bond donors (Lipinski definition) is 0. The fourth-order valence-corrected chi connectivity index (χ4v) is 5.91. The van der Waals surface area contributed by atoms with Crippen LogP contribution in [0.1, 0.15) is 60.1 Å². The summed E-state index contributed by atoms with van der Waals surface area (Å²) in [5.74, 6) is -0.234. The third-order valence-electron chi connectivity index (χ3n) is 6.50. The molecule has 0 fully saturated rings. The van der Waals surface area contributed by atoms with Gasteiger partial charge in [0.25, 0.3) is 0 Å². The third-order valence-corrected chi connectivity index (χ3v) is 8.13. The quantitative estimate of drug-likeness (QED) is 0.192. The van der Waals surface area contributed by atoms with Gasteiger partial charge in [0.05, 0.1) is 12.2 Å². The van der Waals surface area contributed by atoms with E-state index in [2.05, 4.69) is 13.8 Å². The van der Waals surface area contributed by atoms with E-state index in [1.165, 1.54) is 0 Å². The lowest BCUT2D eigenvalue weighted by atomic mass is 9.87. The minimum Gasteiger partial charge on any atom is -0.364 e. The maximum Gasteiger partial charge on any atom is 0.0899 e. The van der Waals surface area contributed by atoms with Crippen molar-refractivity contribution in [2.24, 2.45) is 0 Å². The summed E-state index contributed by atoms with van der Waals surface area (Å²) >= 11 is 38.1. The summed E-state index contributed by atoms with van der Waals surface area (Å²) in [7, 11) is 0. The molecular weight excluding hydrogens is 589 g/mol. The lowest BCUT2D eigenvalue weighted by Crippen LogP contribution is -2.20. The molecule has 0 aliphatic heterocycles. The molecule has 0 amide bonds. The molecule has 0 aliphatic rings. The zero-order valence-corrected chi connectivity index (χ0v) is 24.6. The van der Waals surface area contributed by atoms with E-state index in [0.29, 0.717) is 30.1 Å². The van der Waals surface area contributed by atoms with Gasteiger partial charge in [0, 0.05) is 42.0 Å². The van der Waals surface area contributed by atoms with Crippen molar-refractivity contribution in [2.75, 3.05) is 0 Å². The molecule has 0 heterocycles. The lowest BCUT2D eigenvalue weighted by molar-refractivity contribution is -0.0388. The van der Waals surface area contributed by atoms with E-state index < -0.39 is 0 Å². The van der Waals surface area contributed by atoms with Crippen LogP contribution in [0.3, 0.4) is 0 Å². The minimum absolute atomic E-state index is 0.117. The highest BCUT2D eigenvalue weighted by Gasteiger charge is 2.31. The molecule has 0 aromatic heterocycles. The Hall–Kier alpha value is -1.42. The molecule has 0 aliphatic carbocycles. The topological polar surface area (TPSA) is 9.23 Å². The summed E-state index contributed by atoms with van der Waals surface area (Å²) in [6.07, 6.45) is -0.740. The van der Waals surface area contributed by atoms with E-state index in [1.807, 2.05) is 72.8 Å². The Morgan fingerprint density at radius 2 is 0.784 bits per heavy atom. The number of rotatable bonds is 8. The monoisotopic (exact) mass is 610 g/mol. The SMILES string of the molecule is CC(c1ccc(Cl)cc1Cl)C(OC(c1ccc(Cl)cc1)C(C)c1ccc(Cl)cc1Cl)c1ccc(Cl)cc1. The van der Waals surface area contributed by atoms with Gasteiger partial charge in [-0.15, -0.1) is 0 Å². The van der Waals surface area contributed by atoms with Crippen molar-refractivity contribution < 1.29 is 4.74 Å². The third kappa shape index (κ3) is 6.97. The molecule has 0 saturated carbocycles. The van der Waals surface area contributed by atoms with Crippen LogP contribution in [0, 0.1) is 0 Å². The van der Waals surface area contributed by atoms with E-state index in [1.54, 1.807) is 12.1 Å². The maximum absolute atomic E-state index is 7.04. The summed E-state index contributed by atoms with van der Waals surface area (Å²) in [5.41, 5.74) is 3.80. The molecule has 4 unspecified atom stereocenters. The summed E-state index contributed by atoms with van der Waals surface area (Å²) < 4.78 is 7.04. The molecule has 192 valence electrons. The van der Waals surface area contributed by atoms with E-state index in [4.69, 9.17) is 74.3 Å². The average Bonchev–Trinajstić information content (AvgIpc) is 2.85. The fourth-order valence-electron chi connectivity index (χ4n) is 4.50. The smallest absolute Gasteiger partial charge is 0.0899 e. The molecule has 0 radical (unpaired) electrons. The first-order chi connectivity index (χ1) is 17.6. The summed E-state index contributed by atoms with van der Waals surface area (Å²) in [4.78, 5) is 0. The van der Waals surface area contributed by atoms with Crippen LogP contribution in [0.15, 0.2) is 84.9 Å². The van der Waals surface area contributed by atoms with Crippen LogP contribution in [-0.4, -0.2) is 0 Å². The van der Waals surface area contributed by atoms with Crippen LogP contribution in [0.2, 0.25) is 30.1 Å². The van der Waals surface area contributed by atoms with Crippen LogP contribution >= 0.6 is 69.6 Å². The van der Waals surface area contributed by atoms with Gasteiger partial charge in [-0.2, -0.15) is 0 Å². The van der Waals surface area contributed by atoms with Gasteiger partial charge < -0.3 is 4.74 Å². The second-order valence-corrected chi connectivity index (χ2v) is 11.5. The predicted octanol–water partition coefficient (Wildman–Crippen LogP) is 12.0. The van der Waals surface area contributed by atoms with Crippen molar-refractivity contribution in [2.45, 2.75) is 37.9 Å². The first-order valence-corrected chi connectivity index (χ1v) is 14.0. The molecule has 4 aromatic carbocycles. The van der Waals surface area contributed by atoms with E-state index >= 15 is 0 Å². The van der Waals surface area contributed by atoms with E-state index in [-0.39, 0.29) is 24.0 Å². The van der Waals surface area contributed by atoms with Crippen LogP contribution in [-0.2, 0) is 4.74 Å². The van der Waals surface area contributed by atoms with Crippen LogP contribution < -0.4 is 0 Å². The normalized spacial score (nSPS) is 14.7. The number of ether oxygens (including phenoxy) is 1. The Kier molecular flexibility index (Phi) is 9.75.